The fraction of sp³-hybridized carbons (Fsp3) is 0.333. The number of benzene rings is 1. The molecular formula is C9H12INO4S2. The molecule has 0 unspecified atom stereocenters. The number of nitrogens with one attached hydrogen (secondary N) is 1. The molecule has 0 saturated carbocycles. The monoisotopic (exact) mass is 389 g/mol. The van der Waals surface area contributed by atoms with Gasteiger partial charge in [-0.25, -0.2) is 16.8 Å². The average Bonchev–Trinajstić information content (AvgIpc) is 2.18. The summed E-state index contributed by atoms with van der Waals surface area (Å²) in [7, 11) is -6.89. The van der Waals surface area contributed by atoms with Crippen LogP contribution in [0.15, 0.2) is 24.3 Å². The minimum atomic E-state index is -3.61. The van der Waals surface area contributed by atoms with Crippen LogP contribution in [0.2, 0.25) is 0 Å². The van der Waals surface area contributed by atoms with E-state index < -0.39 is 25.6 Å². The van der Waals surface area contributed by atoms with E-state index >= 15 is 0 Å². The normalized spacial score (nSPS) is 12.4. The average molecular weight is 389 g/mol. The van der Waals surface area contributed by atoms with E-state index in [1.54, 1.807) is 24.3 Å². The van der Waals surface area contributed by atoms with Crippen LogP contribution in [-0.4, -0.2) is 34.6 Å². The number of hydrogen-bond donors (Lipinski definition) is 1. The number of anilines is 1. The second kappa shape index (κ2) is 5.53. The summed E-state index contributed by atoms with van der Waals surface area (Å²) in [5.74, 6) is -0.815. The fourth-order valence-corrected chi connectivity index (χ4v) is 4.06. The van der Waals surface area contributed by atoms with Gasteiger partial charge in [-0.2, -0.15) is 0 Å². The Morgan fingerprint density at radius 2 is 1.59 bits per heavy atom. The van der Waals surface area contributed by atoms with Crippen molar-refractivity contribution in [1.82, 2.24) is 0 Å². The molecule has 17 heavy (non-hydrogen) atoms. The molecule has 0 spiro atoms. The second-order valence-corrected chi connectivity index (χ2v) is 8.90. The Hall–Kier alpha value is -0.350. The third-order valence-corrected chi connectivity index (χ3v) is 5.05. The summed E-state index contributed by atoms with van der Waals surface area (Å²) in [6.07, 6.45) is 1.01. The van der Waals surface area contributed by atoms with Gasteiger partial charge in [-0.15, -0.1) is 0 Å². The molecule has 0 aromatic heterocycles. The molecule has 0 bridgehead atoms. The minimum absolute atomic E-state index is 0.382. The lowest BCUT2D eigenvalue weighted by Gasteiger charge is -2.07. The van der Waals surface area contributed by atoms with Crippen molar-refractivity contribution in [3.8, 4) is 0 Å². The molecule has 0 aliphatic rings. The minimum Gasteiger partial charge on any atom is -0.284 e. The summed E-state index contributed by atoms with van der Waals surface area (Å²) in [6, 6.07) is 6.77. The molecule has 0 heterocycles. The van der Waals surface area contributed by atoms with E-state index in [0.29, 0.717) is 5.69 Å². The summed E-state index contributed by atoms with van der Waals surface area (Å²) in [4.78, 5) is 0. The molecule has 8 heteroatoms. The van der Waals surface area contributed by atoms with Crippen LogP contribution in [-0.2, 0) is 19.9 Å². The molecule has 1 aromatic rings. The number of rotatable bonds is 5. The van der Waals surface area contributed by atoms with Crippen LogP contribution in [0.25, 0.3) is 0 Å². The number of sulfonamides is 1. The SMILES string of the molecule is CS(=O)(=O)CCS(=O)(=O)Nc1ccc(I)cc1. The van der Waals surface area contributed by atoms with Gasteiger partial charge in [0.05, 0.1) is 11.5 Å². The quantitative estimate of drug-likeness (QED) is 0.765. The van der Waals surface area contributed by atoms with Gasteiger partial charge in [0.15, 0.2) is 0 Å². The molecule has 0 aliphatic heterocycles. The predicted molar refractivity (Wildman–Crippen MR) is 76.3 cm³/mol. The van der Waals surface area contributed by atoms with Crippen LogP contribution in [0.3, 0.4) is 0 Å². The largest absolute Gasteiger partial charge is 0.284 e. The van der Waals surface area contributed by atoms with Crippen molar-refractivity contribution in [1.29, 1.82) is 0 Å². The maximum absolute atomic E-state index is 11.6. The second-order valence-electron chi connectivity index (χ2n) is 3.56. The lowest BCUT2D eigenvalue weighted by Crippen LogP contribution is -2.22. The molecule has 0 amide bonds. The van der Waals surface area contributed by atoms with Crippen LogP contribution in [0.1, 0.15) is 0 Å². The van der Waals surface area contributed by atoms with E-state index in [0.717, 1.165) is 9.83 Å². The summed E-state index contributed by atoms with van der Waals surface area (Å²) in [5, 5.41) is 0. The van der Waals surface area contributed by atoms with Gasteiger partial charge in [0.25, 0.3) is 0 Å². The highest BCUT2D eigenvalue weighted by Gasteiger charge is 2.14. The van der Waals surface area contributed by atoms with Gasteiger partial charge >= 0.3 is 0 Å². The highest BCUT2D eigenvalue weighted by molar-refractivity contribution is 14.1. The lowest BCUT2D eigenvalue weighted by molar-refractivity contribution is 0.593. The highest BCUT2D eigenvalue weighted by Crippen LogP contribution is 2.12. The van der Waals surface area contributed by atoms with E-state index in [2.05, 4.69) is 27.3 Å². The van der Waals surface area contributed by atoms with Crippen LogP contribution in [0.5, 0.6) is 0 Å². The van der Waals surface area contributed by atoms with Crippen molar-refractivity contribution >= 4 is 48.1 Å². The first-order chi connectivity index (χ1) is 7.68. The maximum atomic E-state index is 11.6. The molecule has 1 N–H and O–H groups in total. The first kappa shape index (κ1) is 14.7. The Morgan fingerprint density at radius 3 is 2.06 bits per heavy atom. The summed E-state index contributed by atoms with van der Waals surface area (Å²) < 4.78 is 48.2. The van der Waals surface area contributed by atoms with E-state index in [4.69, 9.17) is 0 Å². The van der Waals surface area contributed by atoms with Crippen LogP contribution in [0, 0.1) is 3.57 Å². The molecule has 1 rings (SSSR count). The van der Waals surface area contributed by atoms with Crippen LogP contribution < -0.4 is 4.72 Å². The van der Waals surface area contributed by atoms with Gasteiger partial charge in [-0.3, -0.25) is 4.72 Å². The zero-order chi connectivity index (χ0) is 13.1. The third kappa shape index (κ3) is 6.22. The molecule has 0 atom stereocenters. The lowest BCUT2D eigenvalue weighted by atomic mass is 10.3. The van der Waals surface area contributed by atoms with Gasteiger partial charge < -0.3 is 0 Å². The van der Waals surface area contributed by atoms with Gasteiger partial charge in [-0.1, -0.05) is 0 Å². The van der Waals surface area contributed by atoms with Gasteiger partial charge in [0.1, 0.15) is 9.84 Å². The number of halogens is 1. The molecule has 0 aliphatic carbocycles. The van der Waals surface area contributed by atoms with Crippen LogP contribution in [0.4, 0.5) is 5.69 Å². The summed E-state index contributed by atoms with van der Waals surface area (Å²) >= 11 is 2.10. The standard InChI is InChI=1S/C9H12INO4S2/c1-16(12,13)6-7-17(14,15)11-9-4-2-8(10)3-5-9/h2-5,11H,6-7H2,1H3. The third-order valence-electron chi connectivity index (χ3n) is 1.84. The Bertz CT molecular complexity index is 578. The highest BCUT2D eigenvalue weighted by atomic mass is 127. The Morgan fingerprint density at radius 1 is 1.06 bits per heavy atom. The van der Waals surface area contributed by atoms with Crippen molar-refractivity contribution in [3.63, 3.8) is 0 Å². The van der Waals surface area contributed by atoms with Crippen molar-refractivity contribution in [2.75, 3.05) is 22.5 Å². The van der Waals surface area contributed by atoms with Gasteiger partial charge in [0.2, 0.25) is 10.0 Å². The molecule has 5 nitrogen and oxygen atoms in total. The first-order valence-corrected chi connectivity index (χ1v) is 9.41. The van der Waals surface area contributed by atoms with E-state index in [9.17, 15) is 16.8 Å². The van der Waals surface area contributed by atoms with E-state index in [-0.39, 0.29) is 5.75 Å². The zero-order valence-electron chi connectivity index (χ0n) is 9.05. The van der Waals surface area contributed by atoms with Crippen molar-refractivity contribution < 1.29 is 16.8 Å². The van der Waals surface area contributed by atoms with Crippen molar-refractivity contribution in [3.05, 3.63) is 27.8 Å². The van der Waals surface area contributed by atoms with Crippen molar-refractivity contribution in [2.45, 2.75) is 0 Å². The summed E-state index contributed by atoms with van der Waals surface area (Å²) in [6.45, 7) is 0. The molecule has 1 aromatic carbocycles. The van der Waals surface area contributed by atoms with Crippen molar-refractivity contribution in [2.24, 2.45) is 0 Å². The van der Waals surface area contributed by atoms with E-state index in [1.807, 2.05) is 0 Å². The molecule has 0 saturated heterocycles. The zero-order valence-corrected chi connectivity index (χ0v) is 12.8. The molecule has 0 radical (unpaired) electrons. The topological polar surface area (TPSA) is 80.3 Å². The van der Waals surface area contributed by atoms with Gasteiger partial charge in [-0.05, 0) is 46.9 Å². The van der Waals surface area contributed by atoms with Gasteiger partial charge in [0, 0.05) is 15.5 Å². The smallest absolute Gasteiger partial charge is 0.233 e. The molecule has 96 valence electrons. The maximum Gasteiger partial charge on any atom is 0.233 e. The summed E-state index contributed by atoms with van der Waals surface area (Å²) in [5.41, 5.74) is 0.430. The fourth-order valence-electron chi connectivity index (χ4n) is 1.01. The number of sulfone groups is 1. The first-order valence-electron chi connectivity index (χ1n) is 4.62. The Kier molecular flexibility index (Phi) is 4.78. The van der Waals surface area contributed by atoms with E-state index in [1.165, 1.54) is 0 Å². The molecular weight excluding hydrogens is 377 g/mol. The molecule has 0 fully saturated rings. The number of hydrogen-bond acceptors (Lipinski definition) is 4. The Balaban J connectivity index is 2.70. The predicted octanol–water partition coefficient (Wildman–Crippen LogP) is 1.08. The Labute approximate surface area is 115 Å². The van der Waals surface area contributed by atoms with Crippen LogP contribution >= 0.6 is 22.6 Å².